The van der Waals surface area contributed by atoms with E-state index in [2.05, 4.69) is 286 Å². The lowest BCUT2D eigenvalue weighted by atomic mass is 9.77. The molecule has 0 bridgehead atoms. The molecule has 3 aliphatic rings. The maximum atomic E-state index is 2.54. The molecular weight excluding hydrogens is 891 g/mol. The van der Waals surface area contributed by atoms with Crippen molar-refractivity contribution < 1.29 is 0 Å². The van der Waals surface area contributed by atoms with E-state index >= 15 is 0 Å². The highest BCUT2D eigenvalue weighted by molar-refractivity contribution is 5.99. The van der Waals surface area contributed by atoms with Crippen molar-refractivity contribution in [1.82, 2.24) is 0 Å². The van der Waals surface area contributed by atoms with Crippen molar-refractivity contribution >= 4 is 17.1 Å². The van der Waals surface area contributed by atoms with E-state index in [1.54, 1.807) is 0 Å². The molecular formula is C73H63N. The number of hydrogen-bond acceptors (Lipinski definition) is 1. The Labute approximate surface area is 438 Å². The summed E-state index contributed by atoms with van der Waals surface area (Å²) in [5.41, 5.74) is 30.4. The Balaban J connectivity index is 0.969. The Morgan fingerprint density at radius 1 is 0.284 bits per heavy atom. The molecule has 10 aromatic rings. The predicted octanol–water partition coefficient (Wildman–Crippen LogP) is 20.0. The lowest BCUT2D eigenvalue weighted by molar-refractivity contribution is 0.590. The second-order valence-corrected chi connectivity index (χ2v) is 23.7. The van der Waals surface area contributed by atoms with Crippen molar-refractivity contribution in [1.29, 1.82) is 0 Å². The van der Waals surface area contributed by atoms with E-state index in [1.165, 1.54) is 128 Å². The molecule has 74 heavy (non-hydrogen) atoms. The zero-order valence-electron chi connectivity index (χ0n) is 44.2. The van der Waals surface area contributed by atoms with Gasteiger partial charge in [0.1, 0.15) is 0 Å². The van der Waals surface area contributed by atoms with Crippen molar-refractivity contribution in [2.75, 3.05) is 4.90 Å². The first-order valence-electron chi connectivity index (χ1n) is 26.6. The molecule has 0 N–H and O–H groups in total. The molecule has 360 valence electrons. The van der Waals surface area contributed by atoms with Gasteiger partial charge in [-0.15, -0.1) is 0 Å². The van der Waals surface area contributed by atoms with Gasteiger partial charge in [0.25, 0.3) is 0 Å². The van der Waals surface area contributed by atoms with Crippen LogP contribution in [-0.2, 0) is 21.7 Å². The second kappa shape index (κ2) is 16.5. The highest BCUT2D eigenvalue weighted by Crippen LogP contribution is 2.58. The summed E-state index contributed by atoms with van der Waals surface area (Å²) < 4.78 is 0. The molecule has 10 aromatic carbocycles. The third kappa shape index (κ3) is 7.04. The van der Waals surface area contributed by atoms with Crippen LogP contribution in [-0.4, -0.2) is 0 Å². The van der Waals surface area contributed by atoms with E-state index in [4.69, 9.17) is 0 Å². The SMILES string of the molecule is CC(C)(C)c1ccc(-c2ccc(-c3ccc(-c4ccc(-c5ccccc5)cc4)cc3)c3c2C(C)(C)c2cc(N(c4ccc5c(c4)C(C)(C)c4ccccc4-5)c4ccc5c(c4)C(C)(C)c4ccccc4-5)ccc2-3)cc1. The van der Waals surface area contributed by atoms with Crippen molar-refractivity contribution in [2.24, 2.45) is 0 Å². The van der Waals surface area contributed by atoms with Crippen molar-refractivity contribution in [3.05, 3.63) is 257 Å². The van der Waals surface area contributed by atoms with Gasteiger partial charge >= 0.3 is 0 Å². The van der Waals surface area contributed by atoms with Crippen LogP contribution in [0.25, 0.3) is 77.9 Å². The van der Waals surface area contributed by atoms with E-state index < -0.39 is 0 Å². The smallest absolute Gasteiger partial charge is 0.0465 e. The van der Waals surface area contributed by atoms with Crippen LogP contribution in [0, 0.1) is 0 Å². The van der Waals surface area contributed by atoms with Gasteiger partial charge in [-0.3, -0.25) is 0 Å². The Morgan fingerprint density at radius 2 is 0.635 bits per heavy atom. The summed E-state index contributed by atoms with van der Waals surface area (Å²) in [6.45, 7) is 21.3. The third-order valence-electron chi connectivity index (χ3n) is 17.3. The molecule has 0 aromatic heterocycles. The maximum Gasteiger partial charge on any atom is 0.0465 e. The molecule has 0 radical (unpaired) electrons. The third-order valence-corrected chi connectivity index (χ3v) is 17.3. The van der Waals surface area contributed by atoms with Crippen LogP contribution in [0.1, 0.15) is 101 Å². The fraction of sp³-hybridized carbons (Fsp3) is 0.178. The summed E-state index contributed by atoms with van der Waals surface area (Å²) in [5, 5.41) is 0. The van der Waals surface area contributed by atoms with Gasteiger partial charge in [-0.25, -0.2) is 0 Å². The van der Waals surface area contributed by atoms with Crippen LogP contribution in [0.2, 0.25) is 0 Å². The van der Waals surface area contributed by atoms with Gasteiger partial charge in [-0.1, -0.05) is 244 Å². The van der Waals surface area contributed by atoms with Crippen LogP contribution in [0.5, 0.6) is 0 Å². The van der Waals surface area contributed by atoms with Gasteiger partial charge in [0.2, 0.25) is 0 Å². The monoisotopic (exact) mass is 953 g/mol. The Kier molecular flexibility index (Phi) is 10.2. The number of anilines is 3. The lowest BCUT2D eigenvalue weighted by Crippen LogP contribution is -2.19. The quantitative estimate of drug-likeness (QED) is 0.154. The molecule has 0 fully saturated rings. The Hall–Kier alpha value is -8.00. The standard InChI is InChI=1S/C73H63N/c1-70(2,3)52-33-31-51(32-34-52)57-42-41-56(50-29-27-49(28-30-50)48-25-23-47(24-26-48)46-17-11-10-12-18-46)68-62-40-37-55(45-67(62)73(8,9)69(57)68)74(53-35-38-60-58-19-13-15-21-63(58)71(4,5)65(60)43-53)54-36-39-61-59-20-14-16-22-64(59)72(6,7)66(61)44-54/h10-45H,1-9H3. The highest BCUT2D eigenvalue weighted by Gasteiger charge is 2.42. The molecule has 3 aliphatic carbocycles. The molecule has 0 atom stereocenters. The van der Waals surface area contributed by atoms with Gasteiger partial charge in [0, 0.05) is 33.3 Å². The molecule has 0 unspecified atom stereocenters. The van der Waals surface area contributed by atoms with Gasteiger partial charge in [-0.05, 0) is 159 Å². The van der Waals surface area contributed by atoms with E-state index in [0.29, 0.717) is 0 Å². The largest absolute Gasteiger partial charge is 0.310 e. The summed E-state index contributed by atoms with van der Waals surface area (Å²) in [6.07, 6.45) is 0. The lowest BCUT2D eigenvalue weighted by Gasteiger charge is -2.31. The molecule has 0 heterocycles. The molecule has 1 nitrogen and oxygen atoms in total. The molecule has 0 saturated heterocycles. The topological polar surface area (TPSA) is 3.24 Å². The highest BCUT2D eigenvalue weighted by atomic mass is 15.1. The van der Waals surface area contributed by atoms with Crippen LogP contribution in [0.15, 0.2) is 218 Å². The van der Waals surface area contributed by atoms with Crippen LogP contribution >= 0.6 is 0 Å². The first-order chi connectivity index (χ1) is 35.6. The normalized spacial score (nSPS) is 14.9. The molecule has 0 amide bonds. The van der Waals surface area contributed by atoms with Crippen molar-refractivity contribution in [2.45, 2.75) is 84.0 Å². The first kappa shape index (κ1) is 45.8. The number of hydrogen-bond donors (Lipinski definition) is 0. The van der Waals surface area contributed by atoms with Crippen LogP contribution in [0.3, 0.4) is 0 Å². The average Bonchev–Trinajstić information content (AvgIpc) is 3.91. The Bertz CT molecular complexity index is 3750. The van der Waals surface area contributed by atoms with E-state index in [0.717, 1.165) is 5.69 Å². The minimum atomic E-state index is -0.329. The minimum Gasteiger partial charge on any atom is -0.310 e. The molecule has 0 aliphatic heterocycles. The summed E-state index contributed by atoms with van der Waals surface area (Å²) >= 11 is 0. The Morgan fingerprint density at radius 3 is 1.12 bits per heavy atom. The second-order valence-electron chi connectivity index (χ2n) is 23.7. The zero-order chi connectivity index (χ0) is 50.9. The van der Waals surface area contributed by atoms with Gasteiger partial charge in [0.05, 0.1) is 0 Å². The number of fused-ring (bicyclic) bond motifs is 9. The fourth-order valence-electron chi connectivity index (χ4n) is 13.1. The maximum absolute atomic E-state index is 2.54. The van der Waals surface area contributed by atoms with E-state index in [1.807, 2.05) is 0 Å². The fourth-order valence-corrected chi connectivity index (χ4v) is 13.1. The number of rotatable bonds is 7. The molecule has 13 rings (SSSR count). The summed E-state index contributed by atoms with van der Waals surface area (Å²) in [6, 6.07) is 82.7. The van der Waals surface area contributed by atoms with Crippen LogP contribution < -0.4 is 4.90 Å². The summed E-state index contributed by atoms with van der Waals surface area (Å²) in [7, 11) is 0. The predicted molar refractivity (Wildman–Crippen MR) is 314 cm³/mol. The van der Waals surface area contributed by atoms with Gasteiger partial charge < -0.3 is 4.90 Å². The number of benzene rings is 10. The van der Waals surface area contributed by atoms with Crippen LogP contribution in [0.4, 0.5) is 17.1 Å². The van der Waals surface area contributed by atoms with Crippen molar-refractivity contribution in [3.63, 3.8) is 0 Å². The number of nitrogens with zero attached hydrogens (tertiary/aromatic N) is 1. The average molecular weight is 954 g/mol. The minimum absolute atomic E-state index is 0.0648. The molecule has 0 spiro atoms. The van der Waals surface area contributed by atoms with E-state index in [9.17, 15) is 0 Å². The van der Waals surface area contributed by atoms with Gasteiger partial charge in [0.15, 0.2) is 0 Å². The summed E-state index contributed by atoms with van der Waals surface area (Å²) in [5.74, 6) is 0. The first-order valence-corrected chi connectivity index (χ1v) is 26.6. The zero-order valence-corrected chi connectivity index (χ0v) is 44.2. The van der Waals surface area contributed by atoms with Gasteiger partial charge in [-0.2, -0.15) is 0 Å². The molecule has 0 saturated carbocycles. The van der Waals surface area contributed by atoms with E-state index in [-0.39, 0.29) is 21.7 Å². The molecule has 1 heteroatoms. The summed E-state index contributed by atoms with van der Waals surface area (Å²) in [4.78, 5) is 2.54. The van der Waals surface area contributed by atoms with Crippen molar-refractivity contribution in [3.8, 4) is 77.9 Å².